The topological polar surface area (TPSA) is 119 Å². The van der Waals surface area contributed by atoms with Crippen LogP contribution in [-0.4, -0.2) is 33.3 Å². The molecule has 2 amide bonds. The van der Waals surface area contributed by atoms with Crippen molar-refractivity contribution in [3.05, 3.63) is 64.7 Å². The fourth-order valence-corrected chi connectivity index (χ4v) is 3.82. The van der Waals surface area contributed by atoms with Crippen LogP contribution < -0.4 is 10.0 Å². The summed E-state index contributed by atoms with van der Waals surface area (Å²) in [5, 5.41) is 2.01. The van der Waals surface area contributed by atoms with Gasteiger partial charge in [-0.15, -0.1) is 0 Å². The maximum atomic E-state index is 14.1. The first-order chi connectivity index (χ1) is 13.1. The molecule has 28 heavy (non-hydrogen) atoms. The Bertz CT molecular complexity index is 1120. The number of benzene rings is 2. The zero-order valence-corrected chi connectivity index (χ0v) is 15.0. The Hall–Kier alpha value is -3.18. The van der Waals surface area contributed by atoms with E-state index in [2.05, 4.69) is 4.74 Å². The molecule has 1 heterocycles. The molecule has 1 atom stereocenters. The molecule has 2 N–H and O–H groups in total. The van der Waals surface area contributed by atoms with Crippen molar-refractivity contribution in [1.29, 1.82) is 0 Å². The standard InChI is InChI=1S/C17H12F2N2O6S/c1-27-17(24)14(12-6-8(18)2-5-13(12)19)21-28(25,26)9-3-4-10-11(7-9)16(23)20-15(10)22/h2-7,14,21H,1H3,(H,20,22,23). The van der Waals surface area contributed by atoms with Crippen LogP contribution in [0, 0.1) is 11.6 Å². The van der Waals surface area contributed by atoms with Gasteiger partial charge in [-0.05, 0) is 36.4 Å². The highest BCUT2D eigenvalue weighted by Crippen LogP contribution is 2.25. The van der Waals surface area contributed by atoms with Gasteiger partial charge in [0.15, 0.2) is 0 Å². The summed E-state index contributed by atoms with van der Waals surface area (Å²) in [6.07, 6.45) is 0. The Morgan fingerprint density at radius 1 is 1.07 bits per heavy atom. The molecule has 1 aliphatic rings. The smallest absolute Gasteiger partial charge is 0.328 e. The molecule has 0 aliphatic carbocycles. The summed E-state index contributed by atoms with van der Waals surface area (Å²) < 4.78 is 59.3. The fraction of sp³-hybridized carbons (Fsp3) is 0.118. The van der Waals surface area contributed by atoms with E-state index in [1.807, 2.05) is 10.0 Å². The monoisotopic (exact) mass is 410 g/mol. The van der Waals surface area contributed by atoms with Crippen LogP contribution in [0.1, 0.15) is 32.3 Å². The Kier molecular flexibility index (Phi) is 4.96. The third-order valence-corrected chi connectivity index (χ3v) is 5.42. The van der Waals surface area contributed by atoms with Crippen LogP contribution in [0.15, 0.2) is 41.3 Å². The number of hydrogen-bond donors (Lipinski definition) is 2. The minimum atomic E-state index is -4.49. The van der Waals surface area contributed by atoms with E-state index in [-0.39, 0.29) is 11.1 Å². The molecule has 0 radical (unpaired) electrons. The largest absolute Gasteiger partial charge is 0.468 e. The van der Waals surface area contributed by atoms with Crippen LogP contribution >= 0.6 is 0 Å². The molecule has 1 aliphatic heterocycles. The number of rotatable bonds is 5. The average molecular weight is 410 g/mol. The summed E-state index contributed by atoms with van der Waals surface area (Å²) in [6.45, 7) is 0. The van der Waals surface area contributed by atoms with Gasteiger partial charge in [0.25, 0.3) is 11.8 Å². The van der Waals surface area contributed by atoms with Gasteiger partial charge in [-0.2, -0.15) is 4.72 Å². The molecule has 2 aromatic rings. The van der Waals surface area contributed by atoms with Crippen molar-refractivity contribution in [2.75, 3.05) is 7.11 Å². The highest BCUT2D eigenvalue weighted by Gasteiger charge is 2.33. The summed E-state index contributed by atoms with van der Waals surface area (Å²) >= 11 is 0. The first kappa shape index (κ1) is 19.6. The van der Waals surface area contributed by atoms with Crippen LogP contribution in [0.3, 0.4) is 0 Å². The minimum Gasteiger partial charge on any atom is -0.468 e. The van der Waals surface area contributed by atoms with Crippen molar-refractivity contribution in [3.63, 3.8) is 0 Å². The van der Waals surface area contributed by atoms with Crippen molar-refractivity contribution < 1.29 is 36.3 Å². The van der Waals surface area contributed by atoms with Crippen molar-refractivity contribution in [1.82, 2.24) is 10.0 Å². The van der Waals surface area contributed by atoms with Gasteiger partial charge in [0.05, 0.1) is 23.1 Å². The molecule has 8 nitrogen and oxygen atoms in total. The maximum Gasteiger partial charge on any atom is 0.328 e. The molecule has 0 saturated carbocycles. The molecule has 0 spiro atoms. The van der Waals surface area contributed by atoms with Gasteiger partial charge in [0.2, 0.25) is 10.0 Å². The van der Waals surface area contributed by atoms with Gasteiger partial charge in [-0.25, -0.2) is 22.0 Å². The van der Waals surface area contributed by atoms with Crippen LogP contribution in [0.4, 0.5) is 8.78 Å². The first-order valence-corrected chi connectivity index (χ1v) is 9.17. The van der Waals surface area contributed by atoms with Crippen molar-refractivity contribution in [3.8, 4) is 0 Å². The van der Waals surface area contributed by atoms with E-state index in [0.29, 0.717) is 6.07 Å². The molecular weight excluding hydrogens is 398 g/mol. The van der Waals surface area contributed by atoms with Gasteiger partial charge < -0.3 is 4.74 Å². The first-order valence-electron chi connectivity index (χ1n) is 7.69. The second kappa shape index (κ2) is 7.09. The summed E-state index contributed by atoms with van der Waals surface area (Å²) in [6, 6.07) is 3.42. The quantitative estimate of drug-likeness (QED) is 0.562. The number of fused-ring (bicyclic) bond motifs is 1. The molecule has 0 bridgehead atoms. The number of amides is 2. The number of carbonyl (C=O) groups is 3. The van der Waals surface area contributed by atoms with E-state index < -0.39 is 55.9 Å². The summed E-state index contributed by atoms with van der Waals surface area (Å²) in [4.78, 5) is 34.8. The molecule has 11 heteroatoms. The summed E-state index contributed by atoms with van der Waals surface area (Å²) in [5.74, 6) is -4.55. The van der Waals surface area contributed by atoms with Gasteiger partial charge in [0.1, 0.15) is 17.7 Å². The van der Waals surface area contributed by atoms with Gasteiger partial charge in [0, 0.05) is 5.56 Å². The average Bonchev–Trinajstić information content (AvgIpc) is 2.95. The molecule has 2 aromatic carbocycles. The lowest BCUT2D eigenvalue weighted by Gasteiger charge is -2.18. The van der Waals surface area contributed by atoms with Crippen molar-refractivity contribution in [2.45, 2.75) is 10.9 Å². The van der Waals surface area contributed by atoms with E-state index in [1.165, 1.54) is 0 Å². The number of halogens is 2. The Morgan fingerprint density at radius 3 is 2.43 bits per heavy atom. The lowest BCUT2D eigenvalue weighted by molar-refractivity contribution is -0.142. The number of methoxy groups -OCH3 is 1. The number of esters is 1. The highest BCUT2D eigenvalue weighted by molar-refractivity contribution is 7.89. The second-order valence-corrected chi connectivity index (χ2v) is 7.45. The van der Waals surface area contributed by atoms with E-state index in [4.69, 9.17) is 0 Å². The number of hydrogen-bond acceptors (Lipinski definition) is 6. The predicted octanol–water partition coefficient (Wildman–Crippen LogP) is 1.04. The lowest BCUT2D eigenvalue weighted by Crippen LogP contribution is -2.35. The molecule has 0 aromatic heterocycles. The summed E-state index contributed by atoms with van der Waals surface area (Å²) in [5.41, 5.74) is -0.756. The third kappa shape index (κ3) is 3.49. The SMILES string of the molecule is COC(=O)C(NS(=O)(=O)c1ccc2c(c1)C(=O)NC2=O)c1cc(F)ccc1F. The highest BCUT2D eigenvalue weighted by atomic mass is 32.2. The molecule has 0 saturated heterocycles. The van der Waals surface area contributed by atoms with Gasteiger partial charge >= 0.3 is 5.97 Å². The van der Waals surface area contributed by atoms with E-state index in [0.717, 1.165) is 37.4 Å². The van der Waals surface area contributed by atoms with Crippen LogP contribution in [0.5, 0.6) is 0 Å². The van der Waals surface area contributed by atoms with Crippen molar-refractivity contribution >= 4 is 27.8 Å². The van der Waals surface area contributed by atoms with E-state index >= 15 is 0 Å². The number of sulfonamides is 1. The molecule has 1 unspecified atom stereocenters. The third-order valence-electron chi connectivity index (χ3n) is 4.00. The lowest BCUT2D eigenvalue weighted by atomic mass is 10.1. The Labute approximate surface area is 157 Å². The predicted molar refractivity (Wildman–Crippen MR) is 89.7 cm³/mol. The van der Waals surface area contributed by atoms with E-state index in [1.54, 1.807) is 0 Å². The Morgan fingerprint density at radius 2 is 1.75 bits per heavy atom. The number of ether oxygens (including phenoxy) is 1. The van der Waals surface area contributed by atoms with Crippen LogP contribution in [0.2, 0.25) is 0 Å². The number of carbonyl (C=O) groups excluding carboxylic acids is 3. The normalized spacial score (nSPS) is 14.4. The molecule has 0 fully saturated rings. The van der Waals surface area contributed by atoms with Gasteiger partial charge in [-0.1, -0.05) is 0 Å². The molecule has 146 valence electrons. The zero-order valence-electron chi connectivity index (χ0n) is 14.2. The van der Waals surface area contributed by atoms with Gasteiger partial charge in [-0.3, -0.25) is 14.9 Å². The minimum absolute atomic E-state index is 0.00959. The Balaban J connectivity index is 2.02. The summed E-state index contributed by atoms with van der Waals surface area (Å²) in [7, 11) is -3.54. The molecule has 3 rings (SSSR count). The fourth-order valence-electron chi connectivity index (χ4n) is 2.63. The van der Waals surface area contributed by atoms with Crippen LogP contribution in [-0.2, 0) is 19.6 Å². The van der Waals surface area contributed by atoms with Crippen molar-refractivity contribution in [2.24, 2.45) is 0 Å². The maximum absolute atomic E-state index is 14.1. The van der Waals surface area contributed by atoms with Crippen LogP contribution in [0.25, 0.3) is 0 Å². The number of nitrogens with one attached hydrogen (secondary N) is 2. The number of imide groups is 1. The second-order valence-electron chi connectivity index (χ2n) is 5.73. The van der Waals surface area contributed by atoms with E-state index in [9.17, 15) is 31.6 Å². The molecular formula is C17H12F2N2O6S. The zero-order chi connectivity index (χ0) is 20.6.